The van der Waals surface area contributed by atoms with Crippen LogP contribution in [-0.2, 0) is 15.7 Å². The van der Waals surface area contributed by atoms with Gasteiger partial charge in [0.2, 0.25) is 0 Å². The molecule has 0 bridgehead atoms. The average molecular weight is 384 g/mol. The van der Waals surface area contributed by atoms with Gasteiger partial charge in [-0.2, -0.15) is 8.42 Å². The van der Waals surface area contributed by atoms with Crippen molar-refractivity contribution in [2.24, 2.45) is 0 Å². The van der Waals surface area contributed by atoms with E-state index in [1.165, 1.54) is 0 Å². The Labute approximate surface area is 156 Å². The predicted molar refractivity (Wildman–Crippen MR) is 102 cm³/mol. The van der Waals surface area contributed by atoms with Gasteiger partial charge < -0.3 is 9.64 Å². The Balaban J connectivity index is 1.94. The second-order valence-corrected chi connectivity index (χ2v) is 9.37. The lowest BCUT2D eigenvalue weighted by atomic mass is 9.83. The molecule has 0 aliphatic carbocycles. The Kier molecular flexibility index (Phi) is 4.98. The van der Waals surface area contributed by atoms with Crippen LogP contribution >= 0.6 is 0 Å². The SMILES string of the molecule is CC(C)N(c1ccc2c(c1)C(C)(C)C(N1CCN(C)CC1)O2)S(=O)(=O)O. The standard InChI is InChI=1S/C18H29N3O4S/c1-13(2)21(26(22,23)24)14-6-7-16-15(12-14)18(3,4)17(25-16)20-10-8-19(5)9-11-20/h6-7,12-13,17H,8-11H2,1-5H3,(H,22,23,24). The third-order valence-electron chi connectivity index (χ3n) is 5.35. The molecule has 1 atom stereocenters. The van der Waals surface area contributed by atoms with E-state index in [-0.39, 0.29) is 17.7 Å². The van der Waals surface area contributed by atoms with Crippen LogP contribution in [0.3, 0.4) is 0 Å². The number of nitrogens with zero attached hydrogens (tertiary/aromatic N) is 3. The number of hydrogen-bond acceptors (Lipinski definition) is 5. The quantitative estimate of drug-likeness (QED) is 0.801. The molecule has 0 amide bonds. The number of piperazine rings is 1. The average Bonchev–Trinajstić information content (AvgIpc) is 2.78. The molecule has 0 saturated carbocycles. The summed E-state index contributed by atoms with van der Waals surface area (Å²) in [6, 6.07) is 4.94. The van der Waals surface area contributed by atoms with Gasteiger partial charge >= 0.3 is 10.3 Å². The summed E-state index contributed by atoms with van der Waals surface area (Å²) in [5.41, 5.74) is 1.13. The largest absolute Gasteiger partial charge is 0.474 e. The van der Waals surface area contributed by atoms with Crippen LogP contribution < -0.4 is 9.04 Å². The molecule has 3 rings (SSSR count). The fourth-order valence-corrected chi connectivity index (χ4v) is 4.86. The Morgan fingerprint density at radius 1 is 1.23 bits per heavy atom. The fourth-order valence-electron chi connectivity index (χ4n) is 3.95. The lowest BCUT2D eigenvalue weighted by Crippen LogP contribution is -2.55. The molecule has 1 aromatic rings. The molecule has 1 unspecified atom stereocenters. The van der Waals surface area contributed by atoms with E-state index in [9.17, 15) is 13.0 Å². The first kappa shape index (κ1) is 19.4. The number of anilines is 1. The van der Waals surface area contributed by atoms with Gasteiger partial charge in [0.25, 0.3) is 0 Å². The van der Waals surface area contributed by atoms with Crippen LogP contribution in [0.5, 0.6) is 5.75 Å². The van der Waals surface area contributed by atoms with E-state index in [4.69, 9.17) is 4.74 Å². The summed E-state index contributed by atoms with van der Waals surface area (Å²) < 4.78 is 40.5. The summed E-state index contributed by atoms with van der Waals surface area (Å²) in [5.74, 6) is 0.779. The monoisotopic (exact) mass is 383 g/mol. The summed E-state index contributed by atoms with van der Waals surface area (Å²) in [7, 11) is -2.22. The minimum Gasteiger partial charge on any atom is -0.474 e. The molecule has 146 valence electrons. The van der Waals surface area contributed by atoms with Gasteiger partial charge in [0.15, 0.2) is 6.23 Å². The number of likely N-dealkylation sites (N-methyl/N-ethyl adjacent to an activating group) is 1. The first-order valence-corrected chi connectivity index (χ1v) is 10.4. The van der Waals surface area contributed by atoms with Gasteiger partial charge in [-0.15, -0.1) is 0 Å². The van der Waals surface area contributed by atoms with Gasteiger partial charge in [-0.3, -0.25) is 9.45 Å². The maximum atomic E-state index is 11.8. The zero-order valence-corrected chi connectivity index (χ0v) is 17.0. The molecular weight excluding hydrogens is 354 g/mol. The maximum Gasteiger partial charge on any atom is 0.360 e. The smallest absolute Gasteiger partial charge is 0.360 e. The summed E-state index contributed by atoms with van der Waals surface area (Å²) >= 11 is 0. The Bertz CT molecular complexity index is 771. The van der Waals surface area contributed by atoms with E-state index in [2.05, 4.69) is 30.7 Å². The number of fused-ring (bicyclic) bond motifs is 1. The third kappa shape index (κ3) is 3.43. The van der Waals surface area contributed by atoms with Crippen molar-refractivity contribution in [1.82, 2.24) is 9.80 Å². The topological polar surface area (TPSA) is 73.3 Å². The summed E-state index contributed by atoms with van der Waals surface area (Å²) in [5, 5.41) is 0. The van der Waals surface area contributed by atoms with Crippen LogP contribution in [0.2, 0.25) is 0 Å². The van der Waals surface area contributed by atoms with Crippen molar-refractivity contribution in [2.45, 2.75) is 45.4 Å². The molecule has 1 N–H and O–H groups in total. The normalized spacial score (nSPS) is 23.7. The first-order chi connectivity index (χ1) is 12.0. The van der Waals surface area contributed by atoms with Gasteiger partial charge in [-0.05, 0) is 39.1 Å². The highest BCUT2D eigenvalue weighted by Gasteiger charge is 2.45. The van der Waals surface area contributed by atoms with Crippen molar-refractivity contribution < 1.29 is 17.7 Å². The summed E-state index contributed by atoms with van der Waals surface area (Å²) in [4.78, 5) is 4.65. The molecule has 0 radical (unpaired) electrons. The van der Waals surface area contributed by atoms with Crippen molar-refractivity contribution in [3.63, 3.8) is 0 Å². The molecule has 2 heterocycles. The molecule has 1 aromatic carbocycles. The van der Waals surface area contributed by atoms with Crippen molar-refractivity contribution >= 4 is 16.0 Å². The summed E-state index contributed by atoms with van der Waals surface area (Å²) in [6.45, 7) is 11.6. The number of rotatable bonds is 4. The summed E-state index contributed by atoms with van der Waals surface area (Å²) in [6.07, 6.45) is -0.0836. The van der Waals surface area contributed by atoms with Gasteiger partial charge in [0.1, 0.15) is 5.75 Å². The highest BCUT2D eigenvalue weighted by atomic mass is 32.2. The first-order valence-electron chi connectivity index (χ1n) is 9.02. The van der Waals surface area contributed by atoms with E-state index in [0.717, 1.165) is 41.8 Å². The Morgan fingerprint density at radius 3 is 2.38 bits per heavy atom. The van der Waals surface area contributed by atoms with E-state index in [1.807, 2.05) is 12.1 Å². The molecule has 2 aliphatic heterocycles. The minimum absolute atomic E-state index is 0.0836. The second kappa shape index (κ2) is 6.67. The van der Waals surface area contributed by atoms with Gasteiger partial charge in [-0.25, -0.2) is 4.31 Å². The molecular formula is C18H29N3O4S. The molecule has 0 spiro atoms. The van der Waals surface area contributed by atoms with Crippen LogP contribution in [-0.4, -0.2) is 68.3 Å². The van der Waals surface area contributed by atoms with Crippen molar-refractivity contribution in [3.8, 4) is 5.75 Å². The highest BCUT2D eigenvalue weighted by Crippen LogP contribution is 2.46. The van der Waals surface area contributed by atoms with Crippen molar-refractivity contribution in [2.75, 3.05) is 37.5 Å². The second-order valence-electron chi connectivity index (χ2n) is 8.08. The molecule has 1 saturated heterocycles. The molecule has 1 fully saturated rings. The van der Waals surface area contributed by atoms with Crippen LogP contribution in [0.15, 0.2) is 18.2 Å². The number of ether oxygens (including phenoxy) is 1. The van der Waals surface area contributed by atoms with E-state index in [0.29, 0.717) is 5.69 Å². The Morgan fingerprint density at radius 2 is 1.85 bits per heavy atom. The molecule has 26 heavy (non-hydrogen) atoms. The van der Waals surface area contributed by atoms with E-state index in [1.54, 1.807) is 19.9 Å². The lowest BCUT2D eigenvalue weighted by Gasteiger charge is -2.40. The number of hydrogen-bond donors (Lipinski definition) is 1. The van der Waals surface area contributed by atoms with Crippen molar-refractivity contribution in [3.05, 3.63) is 23.8 Å². The van der Waals surface area contributed by atoms with Gasteiger partial charge in [0, 0.05) is 43.2 Å². The molecule has 8 heteroatoms. The van der Waals surface area contributed by atoms with Gasteiger partial charge in [0.05, 0.1) is 5.69 Å². The van der Waals surface area contributed by atoms with Gasteiger partial charge in [-0.1, -0.05) is 13.8 Å². The molecule has 2 aliphatic rings. The zero-order valence-electron chi connectivity index (χ0n) is 16.1. The highest BCUT2D eigenvalue weighted by molar-refractivity contribution is 7.87. The van der Waals surface area contributed by atoms with Crippen molar-refractivity contribution in [1.29, 1.82) is 0 Å². The maximum absolute atomic E-state index is 11.8. The zero-order chi connectivity index (χ0) is 19.3. The predicted octanol–water partition coefficient (Wildman–Crippen LogP) is 1.95. The van der Waals surface area contributed by atoms with Crippen LogP contribution in [0.25, 0.3) is 0 Å². The van der Waals surface area contributed by atoms with Crippen LogP contribution in [0, 0.1) is 0 Å². The van der Waals surface area contributed by atoms with E-state index >= 15 is 0 Å². The fraction of sp³-hybridized carbons (Fsp3) is 0.667. The van der Waals surface area contributed by atoms with Crippen LogP contribution in [0.1, 0.15) is 33.3 Å². The van der Waals surface area contributed by atoms with Crippen LogP contribution in [0.4, 0.5) is 5.69 Å². The lowest BCUT2D eigenvalue weighted by molar-refractivity contribution is -0.0257. The molecule has 0 aromatic heterocycles. The Hall–Kier alpha value is -1.35. The third-order valence-corrected chi connectivity index (χ3v) is 6.48. The number of benzene rings is 1. The molecule has 7 nitrogen and oxygen atoms in total. The minimum atomic E-state index is -4.34. The van der Waals surface area contributed by atoms with E-state index < -0.39 is 10.3 Å².